The van der Waals surface area contributed by atoms with Crippen molar-refractivity contribution in [3.8, 4) is 28.9 Å². The maximum absolute atomic E-state index is 9.38. The van der Waals surface area contributed by atoms with Crippen molar-refractivity contribution in [3.05, 3.63) is 88.9 Å². The number of thioether (sulfide) groups is 1. The SMILES string of the molecule is CCOc1ccc(-n2c(SCc3ccccc3C#N)nnc2-c2cccc(Cl)c2)cc1. The van der Waals surface area contributed by atoms with E-state index in [9.17, 15) is 5.26 Å². The smallest absolute Gasteiger partial charge is 0.196 e. The zero-order chi connectivity index (χ0) is 21.6. The van der Waals surface area contributed by atoms with Crippen molar-refractivity contribution in [3.63, 3.8) is 0 Å². The van der Waals surface area contributed by atoms with Crippen LogP contribution in [0.2, 0.25) is 5.02 Å². The fraction of sp³-hybridized carbons (Fsp3) is 0.125. The molecule has 3 aromatic carbocycles. The highest BCUT2D eigenvalue weighted by atomic mass is 35.5. The van der Waals surface area contributed by atoms with Gasteiger partial charge in [0.2, 0.25) is 0 Å². The lowest BCUT2D eigenvalue weighted by atomic mass is 10.1. The molecule has 154 valence electrons. The third kappa shape index (κ3) is 4.74. The predicted octanol–water partition coefficient (Wildman–Crippen LogP) is 6.15. The number of halogens is 1. The molecule has 7 heteroatoms. The summed E-state index contributed by atoms with van der Waals surface area (Å²) in [6.45, 7) is 2.57. The molecule has 0 saturated heterocycles. The Morgan fingerprint density at radius 3 is 2.58 bits per heavy atom. The molecular formula is C24H19ClN4OS. The number of aromatic nitrogens is 3. The number of benzene rings is 3. The minimum atomic E-state index is 0.606. The number of hydrogen-bond acceptors (Lipinski definition) is 5. The highest BCUT2D eigenvalue weighted by Gasteiger charge is 2.17. The molecule has 0 N–H and O–H groups in total. The molecule has 0 atom stereocenters. The van der Waals surface area contributed by atoms with E-state index in [4.69, 9.17) is 16.3 Å². The lowest BCUT2D eigenvalue weighted by Crippen LogP contribution is -2.00. The lowest BCUT2D eigenvalue weighted by Gasteiger charge is -2.12. The third-order valence-corrected chi connectivity index (χ3v) is 5.83. The average molecular weight is 447 g/mol. The fourth-order valence-corrected chi connectivity index (χ4v) is 4.31. The molecule has 0 aliphatic rings. The summed E-state index contributed by atoms with van der Waals surface area (Å²) >= 11 is 7.75. The van der Waals surface area contributed by atoms with Crippen molar-refractivity contribution in [1.82, 2.24) is 14.8 Å². The monoisotopic (exact) mass is 446 g/mol. The van der Waals surface area contributed by atoms with Gasteiger partial charge in [-0.05, 0) is 55.0 Å². The van der Waals surface area contributed by atoms with Crippen LogP contribution < -0.4 is 4.74 Å². The molecule has 4 rings (SSSR count). The van der Waals surface area contributed by atoms with Crippen LogP contribution in [0.3, 0.4) is 0 Å². The Hall–Kier alpha value is -3.27. The number of nitriles is 1. The van der Waals surface area contributed by atoms with Crippen molar-refractivity contribution in [1.29, 1.82) is 5.26 Å². The molecular weight excluding hydrogens is 428 g/mol. The summed E-state index contributed by atoms with van der Waals surface area (Å²) in [6, 6.07) is 25.2. The number of hydrogen-bond donors (Lipinski definition) is 0. The maximum Gasteiger partial charge on any atom is 0.196 e. The van der Waals surface area contributed by atoms with Gasteiger partial charge >= 0.3 is 0 Å². The van der Waals surface area contributed by atoms with E-state index in [0.717, 1.165) is 27.7 Å². The van der Waals surface area contributed by atoms with Crippen LogP contribution in [0.5, 0.6) is 5.75 Å². The van der Waals surface area contributed by atoms with Gasteiger partial charge < -0.3 is 4.74 Å². The minimum absolute atomic E-state index is 0.606. The van der Waals surface area contributed by atoms with Crippen LogP contribution in [0.1, 0.15) is 18.1 Å². The summed E-state index contributed by atoms with van der Waals surface area (Å²) < 4.78 is 7.58. The molecule has 0 radical (unpaired) electrons. The van der Waals surface area contributed by atoms with Gasteiger partial charge in [-0.25, -0.2) is 0 Å². The molecule has 1 heterocycles. The molecule has 0 aliphatic heterocycles. The van der Waals surface area contributed by atoms with E-state index in [1.165, 1.54) is 11.8 Å². The van der Waals surface area contributed by atoms with Crippen LogP contribution in [-0.2, 0) is 5.75 Å². The molecule has 5 nitrogen and oxygen atoms in total. The lowest BCUT2D eigenvalue weighted by molar-refractivity contribution is 0.340. The normalized spacial score (nSPS) is 10.6. The van der Waals surface area contributed by atoms with Crippen LogP contribution in [0, 0.1) is 11.3 Å². The first-order chi connectivity index (χ1) is 15.2. The summed E-state index contributed by atoms with van der Waals surface area (Å²) in [5.74, 6) is 2.11. The summed E-state index contributed by atoms with van der Waals surface area (Å²) in [7, 11) is 0. The second kappa shape index (κ2) is 9.69. The Morgan fingerprint density at radius 1 is 1.03 bits per heavy atom. The van der Waals surface area contributed by atoms with E-state index in [1.807, 2.05) is 84.3 Å². The van der Waals surface area contributed by atoms with Crippen LogP contribution >= 0.6 is 23.4 Å². The van der Waals surface area contributed by atoms with E-state index in [1.54, 1.807) is 0 Å². The van der Waals surface area contributed by atoms with Crippen molar-refractivity contribution < 1.29 is 4.74 Å². The van der Waals surface area contributed by atoms with E-state index >= 15 is 0 Å². The van der Waals surface area contributed by atoms with E-state index < -0.39 is 0 Å². The molecule has 0 saturated carbocycles. The second-order valence-electron chi connectivity index (χ2n) is 6.64. The average Bonchev–Trinajstić information content (AvgIpc) is 3.22. The first kappa shape index (κ1) is 21.0. The zero-order valence-corrected chi connectivity index (χ0v) is 18.4. The largest absolute Gasteiger partial charge is 0.494 e. The second-order valence-corrected chi connectivity index (χ2v) is 8.02. The van der Waals surface area contributed by atoms with Crippen molar-refractivity contribution in [2.24, 2.45) is 0 Å². The number of ether oxygens (including phenoxy) is 1. The van der Waals surface area contributed by atoms with Crippen LogP contribution in [0.25, 0.3) is 17.1 Å². The first-order valence-corrected chi connectivity index (χ1v) is 11.1. The maximum atomic E-state index is 9.38. The molecule has 0 amide bonds. The Labute approximate surface area is 190 Å². The van der Waals surface area contributed by atoms with Gasteiger partial charge in [0.15, 0.2) is 11.0 Å². The molecule has 0 bridgehead atoms. The quantitative estimate of drug-likeness (QED) is 0.318. The minimum Gasteiger partial charge on any atom is -0.494 e. The van der Waals surface area contributed by atoms with Gasteiger partial charge in [0, 0.05) is 22.0 Å². The van der Waals surface area contributed by atoms with Gasteiger partial charge in [-0.15, -0.1) is 10.2 Å². The Bertz CT molecular complexity index is 1230. The van der Waals surface area contributed by atoms with E-state index in [-0.39, 0.29) is 0 Å². The third-order valence-electron chi connectivity index (χ3n) is 4.62. The Morgan fingerprint density at radius 2 is 1.84 bits per heavy atom. The van der Waals surface area contributed by atoms with Gasteiger partial charge in [-0.1, -0.05) is 53.7 Å². The molecule has 0 unspecified atom stereocenters. The molecule has 0 aliphatic carbocycles. The fourth-order valence-electron chi connectivity index (χ4n) is 3.17. The summed E-state index contributed by atoms with van der Waals surface area (Å²) in [5.41, 5.74) is 3.41. The van der Waals surface area contributed by atoms with Gasteiger partial charge in [-0.2, -0.15) is 5.26 Å². The van der Waals surface area contributed by atoms with E-state index in [0.29, 0.717) is 28.8 Å². The van der Waals surface area contributed by atoms with Crippen molar-refractivity contribution in [2.45, 2.75) is 17.8 Å². The molecule has 4 aromatic rings. The summed E-state index contributed by atoms with van der Waals surface area (Å²) in [5, 5.41) is 19.6. The Kier molecular flexibility index (Phi) is 6.56. The van der Waals surface area contributed by atoms with Crippen LogP contribution in [-0.4, -0.2) is 21.4 Å². The van der Waals surface area contributed by atoms with Gasteiger partial charge in [0.05, 0.1) is 18.2 Å². The topological polar surface area (TPSA) is 63.7 Å². The van der Waals surface area contributed by atoms with Crippen molar-refractivity contribution in [2.75, 3.05) is 6.61 Å². The standard InChI is InChI=1S/C24H19ClN4OS/c1-2-30-22-12-10-21(11-13-22)29-23(17-8-5-9-20(25)14-17)27-28-24(29)31-16-19-7-4-3-6-18(19)15-26/h3-14H,2,16H2,1H3. The highest BCUT2D eigenvalue weighted by molar-refractivity contribution is 7.98. The van der Waals surface area contributed by atoms with Gasteiger partial charge in [-0.3, -0.25) is 4.57 Å². The zero-order valence-electron chi connectivity index (χ0n) is 16.8. The Balaban J connectivity index is 1.74. The predicted molar refractivity (Wildman–Crippen MR) is 124 cm³/mol. The molecule has 0 fully saturated rings. The van der Waals surface area contributed by atoms with Crippen molar-refractivity contribution >= 4 is 23.4 Å². The molecule has 1 aromatic heterocycles. The summed E-state index contributed by atoms with van der Waals surface area (Å²) in [4.78, 5) is 0. The van der Waals surface area contributed by atoms with Gasteiger partial charge in [0.25, 0.3) is 0 Å². The highest BCUT2D eigenvalue weighted by Crippen LogP contribution is 2.31. The summed E-state index contributed by atoms with van der Waals surface area (Å²) in [6.07, 6.45) is 0. The van der Waals surface area contributed by atoms with Crippen LogP contribution in [0.4, 0.5) is 0 Å². The molecule has 0 spiro atoms. The molecule has 31 heavy (non-hydrogen) atoms. The van der Waals surface area contributed by atoms with E-state index in [2.05, 4.69) is 16.3 Å². The first-order valence-electron chi connectivity index (χ1n) is 9.75. The van der Waals surface area contributed by atoms with Gasteiger partial charge in [0.1, 0.15) is 5.75 Å². The number of rotatable bonds is 7. The van der Waals surface area contributed by atoms with Crippen LogP contribution in [0.15, 0.2) is 78.0 Å². The number of nitrogens with zero attached hydrogens (tertiary/aromatic N) is 4.